The highest BCUT2D eigenvalue weighted by Gasteiger charge is 2.04. The molecule has 3 N–H and O–H groups in total. The molecule has 20 heavy (non-hydrogen) atoms. The van der Waals surface area contributed by atoms with Gasteiger partial charge in [-0.2, -0.15) is 0 Å². The third-order valence-electron chi connectivity index (χ3n) is 2.42. The molecule has 0 aliphatic heterocycles. The number of hydrogen-bond donors (Lipinski definition) is 2. The summed E-state index contributed by atoms with van der Waals surface area (Å²) in [6.45, 7) is 7.55. The first-order valence-corrected chi connectivity index (χ1v) is 6.48. The van der Waals surface area contributed by atoms with Crippen molar-refractivity contribution in [3.63, 3.8) is 0 Å². The lowest BCUT2D eigenvalue weighted by molar-refractivity contribution is 0.321. The lowest BCUT2D eigenvalue weighted by Gasteiger charge is -2.08. The van der Waals surface area contributed by atoms with Crippen LogP contribution < -0.4 is 15.8 Å². The van der Waals surface area contributed by atoms with Gasteiger partial charge in [0.1, 0.15) is 0 Å². The molecule has 0 aromatic heterocycles. The normalized spacial score (nSPS) is 11.2. The predicted molar refractivity (Wildman–Crippen MR) is 91.2 cm³/mol. The zero-order valence-corrected chi connectivity index (χ0v) is 14.5. The van der Waals surface area contributed by atoms with Gasteiger partial charge in [-0.25, -0.2) is 9.38 Å². The Labute approximate surface area is 137 Å². The quantitative estimate of drug-likeness (QED) is 0.443. The molecule has 1 rings (SSSR count). The van der Waals surface area contributed by atoms with Crippen LogP contribution in [-0.4, -0.2) is 19.1 Å². The van der Waals surface area contributed by atoms with E-state index < -0.39 is 0 Å². The van der Waals surface area contributed by atoms with E-state index in [1.54, 1.807) is 12.1 Å². The number of benzene rings is 1. The van der Waals surface area contributed by atoms with Crippen molar-refractivity contribution in [1.29, 1.82) is 0 Å². The molecule has 0 atom stereocenters. The van der Waals surface area contributed by atoms with E-state index in [4.69, 9.17) is 10.5 Å². The monoisotopic (exact) mass is 395 g/mol. The molecule has 114 valence electrons. The minimum Gasteiger partial charge on any atom is -0.491 e. The van der Waals surface area contributed by atoms with Gasteiger partial charge in [-0.3, -0.25) is 0 Å². The maximum atomic E-state index is 13.6. The average Bonchev–Trinajstić information content (AvgIpc) is 2.37. The minimum absolute atomic E-state index is 0. The van der Waals surface area contributed by atoms with E-state index in [0.717, 1.165) is 12.1 Å². The minimum atomic E-state index is -0.372. The van der Waals surface area contributed by atoms with Crippen LogP contribution in [0.1, 0.15) is 26.3 Å². The van der Waals surface area contributed by atoms with Crippen LogP contribution in [0.25, 0.3) is 0 Å². The number of nitrogens with zero attached hydrogens (tertiary/aromatic N) is 1. The number of nitrogens with one attached hydrogen (secondary N) is 1. The Morgan fingerprint density at radius 3 is 2.70 bits per heavy atom. The number of hydrogen-bond acceptors (Lipinski definition) is 2. The lowest BCUT2D eigenvalue weighted by atomic mass is 10.2. The topological polar surface area (TPSA) is 59.6 Å². The Kier molecular flexibility index (Phi) is 9.28. The van der Waals surface area contributed by atoms with E-state index in [9.17, 15) is 4.39 Å². The van der Waals surface area contributed by atoms with Crippen molar-refractivity contribution in [2.75, 3.05) is 13.2 Å². The molecule has 4 nitrogen and oxygen atoms in total. The molecule has 1 aromatic rings. The Bertz CT molecular complexity index is 438. The maximum Gasteiger partial charge on any atom is 0.188 e. The number of halogens is 2. The molecule has 0 heterocycles. The zero-order valence-electron chi connectivity index (χ0n) is 12.1. The van der Waals surface area contributed by atoms with Crippen molar-refractivity contribution in [3.05, 3.63) is 29.6 Å². The van der Waals surface area contributed by atoms with Gasteiger partial charge in [0.05, 0.1) is 13.2 Å². The van der Waals surface area contributed by atoms with Gasteiger partial charge in [-0.15, -0.1) is 24.0 Å². The number of ether oxygens (including phenoxy) is 1. The van der Waals surface area contributed by atoms with Crippen molar-refractivity contribution in [2.45, 2.75) is 27.3 Å². The number of rotatable bonds is 6. The Balaban J connectivity index is 0.00000361. The second-order valence-electron chi connectivity index (χ2n) is 4.67. The lowest BCUT2D eigenvalue weighted by Crippen LogP contribution is -2.34. The molecule has 0 bridgehead atoms. The highest BCUT2D eigenvalue weighted by atomic mass is 127. The van der Waals surface area contributed by atoms with E-state index in [-0.39, 0.29) is 35.5 Å². The molecular formula is C14H23FIN3O. The van der Waals surface area contributed by atoms with Crippen LogP contribution in [0.15, 0.2) is 23.2 Å². The standard InChI is InChI=1S/C14H22FN3O.HI/c1-4-19-13-6-5-11(7-12(13)15)9-18-14(16)17-8-10(2)3;/h5-7,10H,4,8-9H2,1-3H3,(H3,16,17,18);1H. The Morgan fingerprint density at radius 1 is 1.45 bits per heavy atom. The largest absolute Gasteiger partial charge is 0.491 e. The van der Waals surface area contributed by atoms with Gasteiger partial charge >= 0.3 is 0 Å². The highest BCUT2D eigenvalue weighted by molar-refractivity contribution is 14.0. The fourth-order valence-corrected chi connectivity index (χ4v) is 1.46. The summed E-state index contributed by atoms with van der Waals surface area (Å²) >= 11 is 0. The molecule has 0 aliphatic carbocycles. The van der Waals surface area contributed by atoms with Gasteiger partial charge < -0.3 is 15.8 Å². The van der Waals surface area contributed by atoms with Crippen LogP contribution in [0.4, 0.5) is 4.39 Å². The zero-order chi connectivity index (χ0) is 14.3. The summed E-state index contributed by atoms with van der Waals surface area (Å²) in [5.74, 6) is 0.768. The van der Waals surface area contributed by atoms with Gasteiger partial charge in [-0.1, -0.05) is 19.9 Å². The molecule has 1 aromatic carbocycles. The molecule has 6 heteroatoms. The third-order valence-corrected chi connectivity index (χ3v) is 2.42. The van der Waals surface area contributed by atoms with Gasteiger partial charge in [-0.05, 0) is 30.5 Å². The van der Waals surface area contributed by atoms with Gasteiger partial charge in [0.2, 0.25) is 0 Å². The average molecular weight is 395 g/mol. The fraction of sp³-hybridized carbons (Fsp3) is 0.500. The van der Waals surface area contributed by atoms with Gasteiger partial charge in [0, 0.05) is 6.54 Å². The molecular weight excluding hydrogens is 372 g/mol. The Morgan fingerprint density at radius 2 is 2.15 bits per heavy atom. The van der Waals surface area contributed by atoms with Gasteiger partial charge in [0.15, 0.2) is 17.5 Å². The summed E-state index contributed by atoms with van der Waals surface area (Å²) < 4.78 is 18.7. The van der Waals surface area contributed by atoms with E-state index in [1.807, 2.05) is 6.92 Å². The molecule has 0 saturated carbocycles. The van der Waals surface area contributed by atoms with Crippen molar-refractivity contribution in [1.82, 2.24) is 5.32 Å². The fourth-order valence-electron chi connectivity index (χ4n) is 1.46. The second kappa shape index (κ2) is 9.79. The number of guanidine groups is 1. The summed E-state index contributed by atoms with van der Waals surface area (Å²) in [4.78, 5) is 4.16. The number of nitrogens with two attached hydrogens (primary N) is 1. The molecule has 0 fully saturated rings. The molecule has 0 radical (unpaired) electrons. The van der Waals surface area contributed by atoms with Crippen molar-refractivity contribution in [3.8, 4) is 5.75 Å². The first-order valence-electron chi connectivity index (χ1n) is 6.48. The van der Waals surface area contributed by atoms with Crippen molar-refractivity contribution < 1.29 is 9.13 Å². The Hall–Kier alpha value is -1.05. The van der Waals surface area contributed by atoms with Crippen LogP contribution in [0.2, 0.25) is 0 Å². The van der Waals surface area contributed by atoms with E-state index in [1.165, 1.54) is 6.07 Å². The number of aliphatic imine (C=N–C) groups is 1. The van der Waals surface area contributed by atoms with Crippen LogP contribution in [0.5, 0.6) is 5.75 Å². The van der Waals surface area contributed by atoms with E-state index in [0.29, 0.717) is 25.0 Å². The molecule has 0 saturated heterocycles. The second-order valence-corrected chi connectivity index (χ2v) is 4.67. The van der Waals surface area contributed by atoms with Crippen LogP contribution in [-0.2, 0) is 6.54 Å². The van der Waals surface area contributed by atoms with E-state index >= 15 is 0 Å². The van der Waals surface area contributed by atoms with E-state index in [2.05, 4.69) is 24.2 Å². The summed E-state index contributed by atoms with van der Waals surface area (Å²) in [7, 11) is 0. The van der Waals surface area contributed by atoms with Crippen molar-refractivity contribution >= 4 is 29.9 Å². The SMILES string of the molecule is CCOc1ccc(CN=C(N)NCC(C)C)cc1F.I. The first kappa shape index (κ1) is 18.9. The van der Waals surface area contributed by atoms with Crippen LogP contribution >= 0.6 is 24.0 Å². The smallest absolute Gasteiger partial charge is 0.188 e. The third kappa shape index (κ3) is 6.93. The first-order chi connectivity index (χ1) is 9.02. The predicted octanol–water partition coefficient (Wildman–Crippen LogP) is 2.90. The highest BCUT2D eigenvalue weighted by Crippen LogP contribution is 2.18. The summed E-state index contributed by atoms with van der Waals surface area (Å²) in [5.41, 5.74) is 6.47. The van der Waals surface area contributed by atoms with Gasteiger partial charge in [0.25, 0.3) is 0 Å². The van der Waals surface area contributed by atoms with Crippen molar-refractivity contribution in [2.24, 2.45) is 16.6 Å². The maximum absolute atomic E-state index is 13.6. The van der Waals surface area contributed by atoms with Crippen LogP contribution in [0, 0.1) is 11.7 Å². The summed E-state index contributed by atoms with van der Waals surface area (Å²) in [6, 6.07) is 4.82. The summed E-state index contributed by atoms with van der Waals surface area (Å²) in [6.07, 6.45) is 0. The molecule has 0 amide bonds. The van der Waals surface area contributed by atoms with Crippen LogP contribution in [0.3, 0.4) is 0 Å². The molecule has 0 unspecified atom stereocenters. The summed E-state index contributed by atoms with van der Waals surface area (Å²) in [5, 5.41) is 3.01. The molecule has 0 spiro atoms. The molecule has 0 aliphatic rings.